The van der Waals surface area contributed by atoms with Crippen LogP contribution in [-0.2, 0) is 18.3 Å². The maximum Gasteiger partial charge on any atom is 0.253 e. The Hall–Kier alpha value is -3.66. The SMILES string of the molecule is COc1ccc(OC)c(-c2csc(NC(=O)CCc3c(C)c4c(C)nn(C)c4[nH]c3=O)n2)c1. The number of pyridine rings is 1. The molecule has 2 N–H and O–H groups in total. The van der Waals surface area contributed by atoms with E-state index in [9.17, 15) is 9.59 Å². The number of amides is 1. The third-order valence-corrected chi connectivity index (χ3v) is 6.35. The molecule has 3 aromatic heterocycles. The molecule has 10 heteroatoms. The predicted molar refractivity (Wildman–Crippen MR) is 128 cm³/mol. The summed E-state index contributed by atoms with van der Waals surface area (Å²) in [7, 11) is 4.98. The fraction of sp³-hybridized carbons (Fsp3) is 0.304. The van der Waals surface area contributed by atoms with E-state index >= 15 is 0 Å². The molecule has 0 spiro atoms. The summed E-state index contributed by atoms with van der Waals surface area (Å²) in [5, 5.41) is 10.5. The van der Waals surface area contributed by atoms with Gasteiger partial charge in [-0.25, -0.2) is 4.98 Å². The number of H-pyrrole nitrogens is 1. The van der Waals surface area contributed by atoms with Gasteiger partial charge in [-0.3, -0.25) is 14.3 Å². The van der Waals surface area contributed by atoms with Crippen LogP contribution in [0.25, 0.3) is 22.3 Å². The molecule has 1 aromatic carbocycles. The van der Waals surface area contributed by atoms with E-state index in [0.29, 0.717) is 40.0 Å². The minimum Gasteiger partial charge on any atom is -0.497 e. The van der Waals surface area contributed by atoms with Gasteiger partial charge >= 0.3 is 0 Å². The molecule has 0 fully saturated rings. The van der Waals surface area contributed by atoms with Crippen LogP contribution >= 0.6 is 11.3 Å². The van der Waals surface area contributed by atoms with Crippen molar-refractivity contribution < 1.29 is 14.3 Å². The summed E-state index contributed by atoms with van der Waals surface area (Å²) in [5.41, 5.74) is 4.23. The minimum atomic E-state index is -0.213. The van der Waals surface area contributed by atoms with Gasteiger partial charge in [-0.05, 0) is 44.0 Å². The average Bonchev–Trinajstić information content (AvgIpc) is 3.36. The molecule has 172 valence electrons. The number of aryl methyl sites for hydroxylation is 3. The summed E-state index contributed by atoms with van der Waals surface area (Å²) in [5.74, 6) is 1.14. The molecule has 9 nitrogen and oxygen atoms in total. The second-order valence-corrected chi connectivity index (χ2v) is 8.50. The third kappa shape index (κ3) is 4.34. The Bertz CT molecular complexity index is 1400. The van der Waals surface area contributed by atoms with Crippen molar-refractivity contribution in [2.75, 3.05) is 19.5 Å². The first-order valence-corrected chi connectivity index (χ1v) is 11.2. The molecular weight excluding hydrogens is 442 g/mol. The molecule has 0 atom stereocenters. The van der Waals surface area contributed by atoms with E-state index in [0.717, 1.165) is 22.2 Å². The van der Waals surface area contributed by atoms with Crippen molar-refractivity contribution in [1.82, 2.24) is 19.7 Å². The lowest BCUT2D eigenvalue weighted by Gasteiger charge is -2.08. The summed E-state index contributed by atoms with van der Waals surface area (Å²) >= 11 is 1.32. The number of thiazole rings is 1. The van der Waals surface area contributed by atoms with Crippen molar-refractivity contribution in [3.8, 4) is 22.8 Å². The Morgan fingerprint density at radius 2 is 2.03 bits per heavy atom. The highest BCUT2D eigenvalue weighted by atomic mass is 32.1. The molecule has 4 rings (SSSR count). The van der Waals surface area contributed by atoms with Crippen LogP contribution in [0.3, 0.4) is 0 Å². The highest BCUT2D eigenvalue weighted by Gasteiger charge is 2.17. The Kier molecular flexibility index (Phi) is 6.19. The zero-order chi connectivity index (χ0) is 23.7. The Morgan fingerprint density at radius 3 is 2.76 bits per heavy atom. The number of benzene rings is 1. The number of hydrogen-bond donors (Lipinski definition) is 2. The van der Waals surface area contributed by atoms with Crippen molar-refractivity contribution in [3.05, 3.63) is 50.8 Å². The topological polar surface area (TPSA) is 111 Å². The minimum absolute atomic E-state index is 0.159. The van der Waals surface area contributed by atoms with E-state index in [1.165, 1.54) is 11.3 Å². The largest absolute Gasteiger partial charge is 0.497 e. The highest BCUT2D eigenvalue weighted by molar-refractivity contribution is 7.14. The van der Waals surface area contributed by atoms with Gasteiger partial charge < -0.3 is 19.8 Å². The monoisotopic (exact) mass is 467 g/mol. The first-order chi connectivity index (χ1) is 15.8. The van der Waals surface area contributed by atoms with Crippen LogP contribution in [0, 0.1) is 13.8 Å². The summed E-state index contributed by atoms with van der Waals surface area (Å²) in [6.07, 6.45) is 0.478. The lowest BCUT2D eigenvalue weighted by atomic mass is 10.0. The average molecular weight is 468 g/mol. The normalized spacial score (nSPS) is 11.1. The molecule has 0 aliphatic heterocycles. The zero-order valence-electron chi connectivity index (χ0n) is 19.1. The molecule has 0 saturated heterocycles. The number of carbonyl (C=O) groups excluding carboxylic acids is 1. The smallest absolute Gasteiger partial charge is 0.253 e. The van der Waals surface area contributed by atoms with Crippen molar-refractivity contribution in [2.45, 2.75) is 26.7 Å². The van der Waals surface area contributed by atoms with Crippen molar-refractivity contribution in [1.29, 1.82) is 0 Å². The Balaban J connectivity index is 1.49. The molecule has 1 amide bonds. The van der Waals surface area contributed by atoms with Crippen molar-refractivity contribution >= 4 is 33.4 Å². The van der Waals surface area contributed by atoms with Crippen molar-refractivity contribution in [3.63, 3.8) is 0 Å². The van der Waals surface area contributed by atoms with Gasteiger partial charge in [-0.15, -0.1) is 11.3 Å². The molecule has 4 aromatic rings. The number of hydrogen-bond acceptors (Lipinski definition) is 7. The molecule has 0 bridgehead atoms. The van der Waals surface area contributed by atoms with Gasteiger partial charge in [0.1, 0.15) is 17.1 Å². The number of nitrogens with zero attached hydrogens (tertiary/aromatic N) is 3. The summed E-state index contributed by atoms with van der Waals surface area (Å²) in [6, 6.07) is 5.46. The first-order valence-electron chi connectivity index (χ1n) is 10.3. The third-order valence-electron chi connectivity index (χ3n) is 5.59. The van der Waals surface area contributed by atoms with E-state index in [1.807, 2.05) is 37.4 Å². The fourth-order valence-corrected chi connectivity index (χ4v) is 4.67. The van der Waals surface area contributed by atoms with Gasteiger partial charge in [-0.1, -0.05) is 0 Å². The molecule has 0 aliphatic rings. The van der Waals surface area contributed by atoms with Crippen molar-refractivity contribution in [2.24, 2.45) is 7.05 Å². The second-order valence-electron chi connectivity index (χ2n) is 7.64. The lowest BCUT2D eigenvalue weighted by Crippen LogP contribution is -2.19. The molecule has 0 saturated carbocycles. The molecule has 0 unspecified atom stereocenters. The number of methoxy groups -OCH3 is 2. The second kappa shape index (κ2) is 9.07. The zero-order valence-corrected chi connectivity index (χ0v) is 19.9. The number of ether oxygens (including phenoxy) is 2. The van der Waals surface area contributed by atoms with E-state index in [2.05, 4.69) is 20.4 Å². The first kappa shape index (κ1) is 22.5. The van der Waals surface area contributed by atoms with E-state index in [4.69, 9.17) is 9.47 Å². The number of rotatable bonds is 7. The van der Waals surface area contributed by atoms with Crippen LogP contribution in [0.5, 0.6) is 11.5 Å². The Labute approximate surface area is 194 Å². The van der Waals surface area contributed by atoms with Crippen LogP contribution in [0.1, 0.15) is 23.2 Å². The molecule has 0 radical (unpaired) electrons. The summed E-state index contributed by atoms with van der Waals surface area (Å²) in [6.45, 7) is 3.80. The fourth-order valence-electron chi connectivity index (χ4n) is 3.95. The quantitative estimate of drug-likeness (QED) is 0.430. The van der Waals surface area contributed by atoms with Gasteiger partial charge in [-0.2, -0.15) is 5.10 Å². The van der Waals surface area contributed by atoms with Gasteiger partial charge in [0.25, 0.3) is 5.56 Å². The van der Waals surface area contributed by atoms with Crippen LogP contribution in [0.15, 0.2) is 28.4 Å². The highest BCUT2D eigenvalue weighted by Crippen LogP contribution is 2.35. The Morgan fingerprint density at radius 1 is 1.24 bits per heavy atom. The van der Waals surface area contributed by atoms with Crippen LogP contribution in [-0.4, -0.2) is 39.9 Å². The van der Waals surface area contributed by atoms with Crippen LogP contribution in [0.2, 0.25) is 0 Å². The van der Waals surface area contributed by atoms with E-state index in [-0.39, 0.29) is 17.9 Å². The van der Waals surface area contributed by atoms with E-state index in [1.54, 1.807) is 25.9 Å². The van der Waals surface area contributed by atoms with Crippen LogP contribution < -0.4 is 20.3 Å². The molecular formula is C23H25N5O4S. The maximum absolute atomic E-state index is 12.6. The van der Waals surface area contributed by atoms with Gasteiger partial charge in [0.2, 0.25) is 5.91 Å². The number of carbonyl (C=O) groups is 1. The van der Waals surface area contributed by atoms with Crippen LogP contribution in [0.4, 0.5) is 5.13 Å². The maximum atomic E-state index is 12.6. The van der Waals surface area contributed by atoms with E-state index < -0.39 is 0 Å². The number of fused-ring (bicyclic) bond motifs is 1. The standard InChI is InChI=1S/C23H25N5O4S/c1-12-15(22(30)26-21-20(12)13(2)27-28(21)3)7-9-19(29)25-23-24-17(11-33-23)16-10-14(31-4)6-8-18(16)32-5/h6,8,10-11H,7,9H2,1-5H3,(H,26,30)(H,24,25,29). The number of anilines is 1. The molecule has 0 aliphatic carbocycles. The predicted octanol–water partition coefficient (Wildman–Crippen LogP) is 3.59. The van der Waals surface area contributed by atoms with Gasteiger partial charge in [0, 0.05) is 35.4 Å². The number of aromatic amines is 1. The molecule has 3 heterocycles. The van der Waals surface area contributed by atoms with Gasteiger partial charge in [0.05, 0.1) is 25.6 Å². The number of nitrogens with one attached hydrogen (secondary N) is 2. The summed E-state index contributed by atoms with van der Waals surface area (Å²) < 4.78 is 12.4. The molecule has 33 heavy (non-hydrogen) atoms. The summed E-state index contributed by atoms with van der Waals surface area (Å²) in [4.78, 5) is 32.6. The van der Waals surface area contributed by atoms with Gasteiger partial charge in [0.15, 0.2) is 5.13 Å². The number of aromatic nitrogens is 4. The lowest BCUT2D eigenvalue weighted by molar-refractivity contribution is -0.116.